The normalized spacial score (nSPS) is 25.2. The lowest BCUT2D eigenvalue weighted by molar-refractivity contribution is -0.136. The summed E-state index contributed by atoms with van der Waals surface area (Å²) >= 11 is 0. The van der Waals surface area contributed by atoms with Crippen LogP contribution in [0.4, 0.5) is 0 Å². The Morgan fingerprint density at radius 2 is 1.94 bits per heavy atom. The molecule has 0 radical (unpaired) electrons. The molecule has 8 heteroatoms. The molecule has 0 aromatic heterocycles. The van der Waals surface area contributed by atoms with Crippen LogP contribution in [0.2, 0.25) is 0 Å². The van der Waals surface area contributed by atoms with E-state index in [0.29, 0.717) is 31.9 Å². The van der Waals surface area contributed by atoms with E-state index in [9.17, 15) is 14.4 Å². The van der Waals surface area contributed by atoms with E-state index in [0.717, 1.165) is 0 Å². The van der Waals surface area contributed by atoms with Gasteiger partial charge in [0.25, 0.3) is 5.91 Å². The average molecular weight is 456 g/mol. The van der Waals surface area contributed by atoms with Crippen molar-refractivity contribution in [2.45, 2.75) is 38.5 Å². The van der Waals surface area contributed by atoms with E-state index >= 15 is 0 Å². The highest BCUT2D eigenvalue weighted by atomic mass is 16.5. The molecule has 2 aromatic carbocycles. The van der Waals surface area contributed by atoms with Crippen molar-refractivity contribution in [3.05, 3.63) is 64.6 Å². The summed E-state index contributed by atoms with van der Waals surface area (Å²) in [5.74, 6) is -1.19. The minimum absolute atomic E-state index is 0.0210. The van der Waals surface area contributed by atoms with E-state index in [4.69, 9.17) is 17.7 Å². The first-order valence-electron chi connectivity index (χ1n) is 13.9. The summed E-state index contributed by atoms with van der Waals surface area (Å²) in [4.78, 5) is 39.8. The predicted molar refractivity (Wildman–Crippen MR) is 119 cm³/mol. The first-order chi connectivity index (χ1) is 18.5. The summed E-state index contributed by atoms with van der Waals surface area (Å²) in [6, 6.07) is 3.80. The molecule has 2 saturated heterocycles. The van der Waals surface area contributed by atoms with Gasteiger partial charge < -0.3 is 14.4 Å². The fourth-order valence-electron chi connectivity index (χ4n) is 4.12. The molecule has 2 aromatic rings. The Kier molecular flexibility index (Phi) is 4.40. The number of fused-ring (bicyclic) bond motifs is 1. The van der Waals surface area contributed by atoms with E-state index in [2.05, 4.69) is 5.32 Å². The number of morpholine rings is 1. The van der Waals surface area contributed by atoms with Gasteiger partial charge in [-0.25, -0.2) is 0 Å². The zero-order chi connectivity index (χ0) is 28.1. The third kappa shape index (κ3) is 4.62. The van der Waals surface area contributed by atoms with Crippen molar-refractivity contribution in [2.24, 2.45) is 0 Å². The number of benzene rings is 2. The van der Waals surface area contributed by atoms with Crippen LogP contribution in [0.25, 0.3) is 0 Å². The van der Waals surface area contributed by atoms with Gasteiger partial charge in [-0.3, -0.25) is 24.6 Å². The SMILES string of the molecule is [2H]c1cc(C([2H])([2H])N2CCOCC2)c([2H])c([2H])c1C([2H])Oc1cccc2c1CN(C1CCC(=O)NC1=O)C2=O. The van der Waals surface area contributed by atoms with Gasteiger partial charge >= 0.3 is 0 Å². The number of imide groups is 1. The monoisotopic (exact) mass is 455 g/mol. The number of carbonyl (C=O) groups is 3. The molecule has 0 bridgehead atoms. The van der Waals surface area contributed by atoms with E-state index in [1.165, 1.54) is 15.9 Å². The Bertz CT molecular complexity index is 1350. The van der Waals surface area contributed by atoms with Crippen molar-refractivity contribution < 1.29 is 32.1 Å². The summed E-state index contributed by atoms with van der Waals surface area (Å²) in [5.41, 5.74) is 0.387. The molecule has 3 amide bonds. The van der Waals surface area contributed by atoms with Crippen molar-refractivity contribution in [1.29, 1.82) is 0 Å². The molecule has 2 atom stereocenters. The summed E-state index contributed by atoms with van der Waals surface area (Å²) in [6.45, 7) is -2.43. The third-order valence-corrected chi connectivity index (χ3v) is 5.84. The largest absolute Gasteiger partial charge is 0.489 e. The molecule has 8 nitrogen and oxygen atoms in total. The van der Waals surface area contributed by atoms with Gasteiger partial charge in [0.2, 0.25) is 11.8 Å². The molecular weight excluding hydrogens is 422 g/mol. The number of amides is 3. The summed E-state index contributed by atoms with van der Waals surface area (Å²) in [5, 5.41) is 2.25. The number of nitrogens with one attached hydrogen (secondary N) is 1. The first kappa shape index (κ1) is 15.6. The standard InChI is InChI=1S/C25H27N3O5/c29-23-9-8-21(24(30)26-23)28-15-20-19(25(28)31)2-1-3-22(20)33-16-18-6-4-17(5-7-18)14-27-10-12-32-13-11-27/h1-7,21H,8-16H2,(H,26,29,30)/i4D,6D,7D,14D2,16D. The van der Waals surface area contributed by atoms with Crippen molar-refractivity contribution in [3.8, 4) is 5.75 Å². The van der Waals surface area contributed by atoms with Crippen LogP contribution >= 0.6 is 0 Å². The van der Waals surface area contributed by atoms with Gasteiger partial charge in [0.1, 0.15) is 18.4 Å². The van der Waals surface area contributed by atoms with E-state index in [1.807, 2.05) is 0 Å². The molecule has 1 N–H and O–H groups in total. The molecule has 3 aliphatic rings. The van der Waals surface area contributed by atoms with Crippen LogP contribution in [-0.4, -0.2) is 59.9 Å². The smallest absolute Gasteiger partial charge is 0.255 e. The number of nitrogens with zero attached hydrogens (tertiary/aromatic N) is 2. The molecule has 0 spiro atoms. The molecular formula is C25H27N3O5. The maximum absolute atomic E-state index is 13.1. The van der Waals surface area contributed by atoms with Crippen molar-refractivity contribution in [2.75, 3.05) is 26.3 Å². The van der Waals surface area contributed by atoms with Gasteiger partial charge in [0.05, 0.1) is 25.2 Å². The molecule has 0 saturated carbocycles. The number of hydrogen-bond donors (Lipinski definition) is 1. The Balaban J connectivity index is 1.40. The van der Waals surface area contributed by atoms with Crippen LogP contribution in [0.1, 0.15) is 48.1 Å². The maximum atomic E-state index is 13.1. The lowest BCUT2D eigenvalue weighted by Gasteiger charge is -2.29. The molecule has 0 aliphatic carbocycles. The van der Waals surface area contributed by atoms with E-state index in [-0.39, 0.29) is 47.9 Å². The van der Waals surface area contributed by atoms with Crippen LogP contribution in [0.15, 0.2) is 42.4 Å². The van der Waals surface area contributed by atoms with Crippen LogP contribution < -0.4 is 10.1 Å². The Morgan fingerprint density at radius 3 is 2.76 bits per heavy atom. The summed E-state index contributed by atoms with van der Waals surface area (Å²) in [7, 11) is 0. The topological polar surface area (TPSA) is 88.2 Å². The fraction of sp³-hybridized carbons (Fsp3) is 0.400. The minimum atomic E-state index is -2.11. The quantitative estimate of drug-likeness (QED) is 0.669. The Morgan fingerprint density at radius 1 is 1.12 bits per heavy atom. The predicted octanol–water partition coefficient (Wildman–Crippen LogP) is 1.86. The number of piperidine rings is 1. The van der Waals surface area contributed by atoms with Crippen molar-refractivity contribution >= 4 is 17.7 Å². The second kappa shape index (κ2) is 9.33. The van der Waals surface area contributed by atoms with Gasteiger partial charge in [-0.2, -0.15) is 0 Å². The number of ether oxygens (including phenoxy) is 2. The zero-order valence-electron chi connectivity index (χ0n) is 23.8. The van der Waals surface area contributed by atoms with Crippen molar-refractivity contribution in [3.63, 3.8) is 0 Å². The van der Waals surface area contributed by atoms with Gasteiger partial charge in [0.15, 0.2) is 0 Å². The second-order valence-corrected chi connectivity index (χ2v) is 8.00. The highest BCUT2D eigenvalue weighted by Crippen LogP contribution is 2.34. The maximum Gasteiger partial charge on any atom is 0.255 e. The number of carbonyl (C=O) groups excluding carboxylic acids is 3. The minimum Gasteiger partial charge on any atom is -0.489 e. The first-order valence-corrected chi connectivity index (χ1v) is 10.8. The molecule has 172 valence electrons. The van der Waals surface area contributed by atoms with E-state index < -0.39 is 48.9 Å². The average Bonchev–Trinajstić information content (AvgIpc) is 3.23. The van der Waals surface area contributed by atoms with Gasteiger partial charge in [-0.05, 0) is 29.7 Å². The van der Waals surface area contributed by atoms with Crippen LogP contribution in [0, 0.1) is 0 Å². The molecule has 2 unspecified atom stereocenters. The molecule has 2 fully saturated rings. The summed E-state index contributed by atoms with van der Waals surface area (Å²) < 4.78 is 62.3. The Labute approximate surface area is 200 Å². The lowest BCUT2D eigenvalue weighted by atomic mass is 10.0. The van der Waals surface area contributed by atoms with Crippen molar-refractivity contribution in [1.82, 2.24) is 15.1 Å². The van der Waals surface area contributed by atoms with Crippen LogP contribution in [0.5, 0.6) is 5.75 Å². The number of hydrogen-bond acceptors (Lipinski definition) is 6. The highest BCUT2D eigenvalue weighted by molar-refractivity contribution is 6.05. The highest BCUT2D eigenvalue weighted by Gasteiger charge is 2.40. The lowest BCUT2D eigenvalue weighted by Crippen LogP contribution is -2.52. The molecule has 33 heavy (non-hydrogen) atoms. The second-order valence-electron chi connectivity index (χ2n) is 8.00. The van der Waals surface area contributed by atoms with Gasteiger partial charge in [-0.15, -0.1) is 0 Å². The fourth-order valence-corrected chi connectivity index (χ4v) is 4.12. The number of rotatable bonds is 6. The van der Waals surface area contributed by atoms with E-state index in [1.54, 1.807) is 18.2 Å². The van der Waals surface area contributed by atoms with Gasteiger partial charge in [0, 0.05) is 39.9 Å². The third-order valence-electron chi connectivity index (χ3n) is 5.84. The van der Waals surface area contributed by atoms with Crippen LogP contribution in [0.3, 0.4) is 0 Å². The molecule has 5 rings (SSSR count). The molecule has 3 heterocycles. The Hall–Kier alpha value is -3.23. The van der Waals surface area contributed by atoms with Crippen LogP contribution in [-0.2, 0) is 34.0 Å². The zero-order valence-corrected chi connectivity index (χ0v) is 17.8. The molecule has 3 aliphatic heterocycles. The summed E-state index contributed by atoms with van der Waals surface area (Å²) in [6.07, 6.45) is 0.310. The van der Waals surface area contributed by atoms with Gasteiger partial charge in [-0.1, -0.05) is 30.3 Å².